The van der Waals surface area contributed by atoms with Crippen LogP contribution >= 0.6 is 12.4 Å². The van der Waals surface area contributed by atoms with Gasteiger partial charge in [0.05, 0.1) is 18.6 Å². The van der Waals surface area contributed by atoms with Crippen molar-refractivity contribution in [3.05, 3.63) is 0 Å². The molecule has 2 aliphatic heterocycles. The average molecular weight is 305 g/mol. The van der Waals surface area contributed by atoms with Gasteiger partial charge in [0.2, 0.25) is 5.91 Å². The fraction of sp³-hybridized carbons (Fsp3) is 0.857. The lowest BCUT2D eigenvalue weighted by atomic mass is 9.90. The Labute approximate surface area is 126 Å². The van der Waals surface area contributed by atoms with E-state index in [4.69, 9.17) is 4.74 Å². The molecule has 0 spiro atoms. The van der Waals surface area contributed by atoms with Crippen LogP contribution in [0, 0.1) is 5.92 Å². The van der Waals surface area contributed by atoms with Crippen LogP contribution in [0.15, 0.2) is 0 Å². The van der Waals surface area contributed by atoms with E-state index < -0.39 is 0 Å². The summed E-state index contributed by atoms with van der Waals surface area (Å²) in [6.07, 6.45) is 4.27. The van der Waals surface area contributed by atoms with Crippen LogP contribution in [0.4, 0.5) is 0 Å². The van der Waals surface area contributed by atoms with Gasteiger partial charge in [-0.3, -0.25) is 9.59 Å². The van der Waals surface area contributed by atoms with E-state index in [0.717, 1.165) is 38.6 Å². The van der Waals surface area contributed by atoms with Gasteiger partial charge in [0, 0.05) is 13.1 Å². The van der Waals surface area contributed by atoms with Gasteiger partial charge < -0.3 is 15.0 Å². The van der Waals surface area contributed by atoms with Crippen molar-refractivity contribution in [2.75, 3.05) is 26.7 Å². The first kappa shape index (κ1) is 17.2. The standard InChI is InChI=1S/C14H24N2O3.ClH/c1-3-14(7-4-8-15-14)13(18)16-9-5-11(6-10-16)12(17)19-2;/h11,15H,3-10H2,1-2H3;1H. The molecule has 1 amide bonds. The summed E-state index contributed by atoms with van der Waals surface area (Å²) in [5.41, 5.74) is -0.349. The van der Waals surface area contributed by atoms with Crippen molar-refractivity contribution >= 4 is 24.3 Å². The third kappa shape index (κ3) is 3.26. The lowest BCUT2D eigenvalue weighted by Crippen LogP contribution is -2.56. The van der Waals surface area contributed by atoms with Crippen LogP contribution in [0.3, 0.4) is 0 Å². The van der Waals surface area contributed by atoms with Gasteiger partial charge >= 0.3 is 5.97 Å². The summed E-state index contributed by atoms with van der Waals surface area (Å²) in [6, 6.07) is 0. The van der Waals surface area contributed by atoms with Gasteiger partial charge in [-0.25, -0.2) is 0 Å². The van der Waals surface area contributed by atoms with Crippen LogP contribution < -0.4 is 5.32 Å². The molecule has 2 aliphatic rings. The first-order chi connectivity index (χ1) is 9.13. The smallest absolute Gasteiger partial charge is 0.308 e. The molecule has 20 heavy (non-hydrogen) atoms. The maximum Gasteiger partial charge on any atom is 0.308 e. The lowest BCUT2D eigenvalue weighted by Gasteiger charge is -2.37. The molecule has 116 valence electrons. The first-order valence-electron chi connectivity index (χ1n) is 7.25. The summed E-state index contributed by atoms with van der Waals surface area (Å²) in [5.74, 6) is 0.0373. The highest BCUT2D eigenvalue weighted by Gasteiger charge is 2.42. The van der Waals surface area contributed by atoms with Gasteiger partial charge in [-0.15, -0.1) is 12.4 Å². The zero-order valence-corrected chi connectivity index (χ0v) is 13.1. The largest absolute Gasteiger partial charge is 0.469 e. The molecule has 5 nitrogen and oxygen atoms in total. The molecule has 0 aromatic carbocycles. The predicted octanol–water partition coefficient (Wildman–Crippen LogP) is 1.35. The molecule has 0 radical (unpaired) electrons. The van der Waals surface area contributed by atoms with Crippen molar-refractivity contribution in [1.82, 2.24) is 10.2 Å². The van der Waals surface area contributed by atoms with Crippen molar-refractivity contribution in [3.8, 4) is 0 Å². The normalized spacial score (nSPS) is 27.0. The van der Waals surface area contributed by atoms with Crippen LogP contribution in [0.1, 0.15) is 39.0 Å². The maximum atomic E-state index is 12.6. The van der Waals surface area contributed by atoms with Gasteiger partial charge in [-0.2, -0.15) is 0 Å². The highest BCUT2D eigenvalue weighted by molar-refractivity contribution is 5.87. The number of piperidine rings is 1. The minimum absolute atomic E-state index is 0. The Morgan fingerprint density at radius 3 is 2.45 bits per heavy atom. The molecular formula is C14H25ClN2O3. The molecule has 2 fully saturated rings. The SMILES string of the molecule is CCC1(C(=O)N2CCC(C(=O)OC)CC2)CCCN1.Cl. The van der Waals surface area contributed by atoms with Gasteiger partial charge in [-0.1, -0.05) is 6.92 Å². The highest BCUT2D eigenvalue weighted by Crippen LogP contribution is 2.28. The summed E-state index contributed by atoms with van der Waals surface area (Å²) in [4.78, 5) is 26.0. The summed E-state index contributed by atoms with van der Waals surface area (Å²) in [7, 11) is 1.42. The summed E-state index contributed by atoms with van der Waals surface area (Å²) in [6.45, 7) is 4.33. The van der Waals surface area contributed by atoms with E-state index in [1.807, 2.05) is 4.90 Å². The molecule has 6 heteroatoms. The monoisotopic (exact) mass is 304 g/mol. The average Bonchev–Trinajstić information content (AvgIpc) is 2.96. The Balaban J connectivity index is 0.00000200. The number of likely N-dealkylation sites (tertiary alicyclic amines) is 1. The van der Waals surface area contributed by atoms with Crippen molar-refractivity contribution in [2.45, 2.75) is 44.6 Å². The van der Waals surface area contributed by atoms with Gasteiger partial charge in [0.15, 0.2) is 0 Å². The first-order valence-corrected chi connectivity index (χ1v) is 7.25. The second-order valence-electron chi connectivity index (χ2n) is 5.56. The number of carbonyl (C=O) groups excluding carboxylic acids is 2. The van der Waals surface area contributed by atoms with Crippen LogP contribution in [0.25, 0.3) is 0 Å². The number of halogens is 1. The van der Waals surface area contributed by atoms with Crippen molar-refractivity contribution in [2.24, 2.45) is 5.92 Å². The van der Waals surface area contributed by atoms with E-state index >= 15 is 0 Å². The predicted molar refractivity (Wildman–Crippen MR) is 78.8 cm³/mol. The number of ether oxygens (including phenoxy) is 1. The lowest BCUT2D eigenvalue weighted by molar-refractivity contribution is -0.150. The molecule has 0 aliphatic carbocycles. The number of carbonyl (C=O) groups is 2. The highest BCUT2D eigenvalue weighted by atomic mass is 35.5. The van der Waals surface area contributed by atoms with E-state index in [1.54, 1.807) is 0 Å². The number of hydrogen-bond acceptors (Lipinski definition) is 4. The second-order valence-corrected chi connectivity index (χ2v) is 5.56. The van der Waals surface area contributed by atoms with Crippen LogP contribution in [0.5, 0.6) is 0 Å². The van der Waals surface area contributed by atoms with Gasteiger partial charge in [0.25, 0.3) is 0 Å². The van der Waals surface area contributed by atoms with E-state index in [2.05, 4.69) is 12.2 Å². The Hall–Kier alpha value is -0.810. The fourth-order valence-electron chi connectivity index (χ4n) is 3.23. The number of hydrogen-bond donors (Lipinski definition) is 1. The molecule has 1 N–H and O–H groups in total. The van der Waals surface area contributed by atoms with Crippen molar-refractivity contribution in [3.63, 3.8) is 0 Å². The molecule has 1 atom stereocenters. The Morgan fingerprint density at radius 1 is 1.35 bits per heavy atom. The number of esters is 1. The Morgan fingerprint density at radius 2 is 2.00 bits per heavy atom. The molecular weight excluding hydrogens is 280 g/mol. The Kier molecular flexibility index (Phi) is 6.27. The number of rotatable bonds is 3. The van der Waals surface area contributed by atoms with Crippen LogP contribution in [-0.4, -0.2) is 49.1 Å². The quantitative estimate of drug-likeness (QED) is 0.800. The van der Waals surface area contributed by atoms with E-state index in [-0.39, 0.29) is 35.7 Å². The zero-order valence-electron chi connectivity index (χ0n) is 12.3. The van der Waals surface area contributed by atoms with Crippen molar-refractivity contribution < 1.29 is 14.3 Å². The number of amides is 1. The number of methoxy groups -OCH3 is 1. The van der Waals surface area contributed by atoms with Crippen molar-refractivity contribution in [1.29, 1.82) is 0 Å². The Bertz CT molecular complexity index is 348. The molecule has 0 aromatic rings. The summed E-state index contributed by atoms with van der Waals surface area (Å²) in [5, 5.41) is 3.38. The zero-order chi connectivity index (χ0) is 13.9. The third-order valence-corrected chi connectivity index (χ3v) is 4.57. The van der Waals surface area contributed by atoms with Gasteiger partial charge in [0.1, 0.15) is 0 Å². The molecule has 1 unspecified atom stereocenters. The van der Waals surface area contributed by atoms with E-state index in [9.17, 15) is 9.59 Å². The minimum Gasteiger partial charge on any atom is -0.469 e. The fourth-order valence-corrected chi connectivity index (χ4v) is 3.23. The molecule has 0 saturated carbocycles. The molecule has 0 bridgehead atoms. The molecule has 2 saturated heterocycles. The number of nitrogens with one attached hydrogen (secondary N) is 1. The molecule has 2 heterocycles. The second kappa shape index (κ2) is 7.27. The third-order valence-electron chi connectivity index (χ3n) is 4.57. The minimum atomic E-state index is -0.349. The number of nitrogens with zero attached hydrogens (tertiary/aromatic N) is 1. The van der Waals surface area contributed by atoms with E-state index in [1.165, 1.54) is 7.11 Å². The van der Waals surface area contributed by atoms with E-state index in [0.29, 0.717) is 13.1 Å². The molecule has 0 aromatic heterocycles. The topological polar surface area (TPSA) is 58.6 Å². The van der Waals surface area contributed by atoms with Crippen LogP contribution in [0.2, 0.25) is 0 Å². The van der Waals surface area contributed by atoms with Crippen LogP contribution in [-0.2, 0) is 14.3 Å². The summed E-state index contributed by atoms with van der Waals surface area (Å²) < 4.78 is 4.77. The summed E-state index contributed by atoms with van der Waals surface area (Å²) >= 11 is 0. The van der Waals surface area contributed by atoms with Gasteiger partial charge in [-0.05, 0) is 38.6 Å². The maximum absolute atomic E-state index is 12.6. The molecule has 2 rings (SSSR count).